The molecule has 0 aromatic heterocycles. The molecule has 1 saturated heterocycles. The zero-order valence-electron chi connectivity index (χ0n) is 14.9. The Morgan fingerprint density at radius 1 is 1.23 bits per heavy atom. The van der Waals surface area contributed by atoms with Gasteiger partial charge in [0.2, 0.25) is 0 Å². The molecule has 1 aromatic rings. The number of nitrogens with zero attached hydrogens (tertiary/aromatic N) is 2. The van der Waals surface area contributed by atoms with Crippen LogP contribution in [0.2, 0.25) is 0 Å². The number of rotatable bonds is 5. The molecule has 26 heavy (non-hydrogen) atoms. The topological polar surface area (TPSA) is 96.7 Å². The number of ether oxygens (including phenoxy) is 2. The number of esters is 2. The Labute approximate surface area is 152 Å². The van der Waals surface area contributed by atoms with Gasteiger partial charge in [0.1, 0.15) is 0 Å². The maximum Gasteiger partial charge on any atom is 0.338 e. The van der Waals surface area contributed by atoms with Gasteiger partial charge in [-0.3, -0.25) is 9.59 Å². The Hall–Kier alpha value is -2.88. The number of benzene rings is 1. The fourth-order valence-corrected chi connectivity index (χ4v) is 2.81. The van der Waals surface area contributed by atoms with Gasteiger partial charge in [0.15, 0.2) is 6.10 Å². The van der Waals surface area contributed by atoms with Gasteiger partial charge in [-0.2, -0.15) is 5.26 Å². The van der Waals surface area contributed by atoms with Gasteiger partial charge in [0.25, 0.3) is 5.91 Å². The molecule has 0 aliphatic carbocycles. The maximum atomic E-state index is 12.5. The van der Waals surface area contributed by atoms with Crippen molar-refractivity contribution in [3.63, 3.8) is 0 Å². The van der Waals surface area contributed by atoms with Crippen LogP contribution in [0, 0.1) is 17.2 Å². The van der Waals surface area contributed by atoms with Crippen LogP contribution in [0.1, 0.15) is 42.6 Å². The molecule has 7 heteroatoms. The Bertz CT molecular complexity index is 700. The van der Waals surface area contributed by atoms with Crippen LogP contribution in [-0.2, 0) is 19.1 Å². The number of carbonyl (C=O) groups is 3. The highest BCUT2D eigenvalue weighted by molar-refractivity contribution is 5.92. The van der Waals surface area contributed by atoms with Crippen molar-refractivity contribution in [1.82, 2.24) is 4.90 Å². The summed E-state index contributed by atoms with van der Waals surface area (Å²) in [5.41, 5.74) is 0.722. The zero-order valence-corrected chi connectivity index (χ0v) is 14.9. The molecule has 1 fully saturated rings. The van der Waals surface area contributed by atoms with E-state index in [1.54, 1.807) is 11.8 Å². The summed E-state index contributed by atoms with van der Waals surface area (Å²) >= 11 is 0. The molecular formula is C19H22N2O5. The van der Waals surface area contributed by atoms with Crippen LogP contribution < -0.4 is 0 Å². The monoisotopic (exact) mass is 358 g/mol. The third kappa shape index (κ3) is 4.82. The van der Waals surface area contributed by atoms with E-state index in [9.17, 15) is 14.4 Å². The minimum Gasteiger partial charge on any atom is -0.466 e. The Balaban J connectivity index is 1.86. The molecule has 0 saturated carbocycles. The number of carbonyl (C=O) groups excluding carboxylic acids is 3. The lowest BCUT2D eigenvalue weighted by molar-refractivity contribution is -0.152. The Morgan fingerprint density at radius 2 is 1.85 bits per heavy atom. The summed E-state index contributed by atoms with van der Waals surface area (Å²) in [6, 6.07) is 7.98. The molecule has 2 rings (SSSR count). The first-order valence-electron chi connectivity index (χ1n) is 8.62. The van der Waals surface area contributed by atoms with Gasteiger partial charge in [-0.15, -0.1) is 0 Å². The van der Waals surface area contributed by atoms with Crippen LogP contribution in [0.5, 0.6) is 0 Å². The molecule has 1 amide bonds. The first-order valence-corrected chi connectivity index (χ1v) is 8.62. The van der Waals surface area contributed by atoms with Crippen molar-refractivity contribution >= 4 is 17.8 Å². The van der Waals surface area contributed by atoms with E-state index < -0.39 is 12.1 Å². The average molecular weight is 358 g/mol. The standard InChI is InChI=1S/C19H22N2O5/c1-3-25-18(23)16-8-10-21(11-9-16)17(22)13(2)26-19(24)15-6-4-14(12-20)5-7-15/h4-7,13,16H,3,8-11H2,1-2H3. The normalized spacial score (nSPS) is 15.7. The van der Waals surface area contributed by atoms with Gasteiger partial charge in [-0.25, -0.2) is 4.79 Å². The molecule has 0 N–H and O–H groups in total. The molecule has 1 aliphatic rings. The van der Waals surface area contributed by atoms with E-state index >= 15 is 0 Å². The molecule has 0 spiro atoms. The van der Waals surface area contributed by atoms with Gasteiger partial charge < -0.3 is 14.4 Å². The second-order valence-corrected chi connectivity index (χ2v) is 6.09. The highest BCUT2D eigenvalue weighted by atomic mass is 16.5. The zero-order chi connectivity index (χ0) is 19.1. The second kappa shape index (κ2) is 8.99. The van der Waals surface area contributed by atoms with Crippen molar-refractivity contribution in [2.24, 2.45) is 5.92 Å². The van der Waals surface area contributed by atoms with Crippen LogP contribution in [0.4, 0.5) is 0 Å². The summed E-state index contributed by atoms with van der Waals surface area (Å²) in [6.45, 7) is 4.50. The molecule has 7 nitrogen and oxygen atoms in total. The fourth-order valence-electron chi connectivity index (χ4n) is 2.81. The minimum atomic E-state index is -0.919. The number of piperidine rings is 1. The quantitative estimate of drug-likeness (QED) is 0.746. The van der Waals surface area contributed by atoms with Crippen LogP contribution in [0.15, 0.2) is 24.3 Å². The predicted octanol–water partition coefficient (Wildman–Crippen LogP) is 1.91. The molecule has 0 bridgehead atoms. The van der Waals surface area contributed by atoms with Crippen LogP contribution in [-0.4, -0.2) is 48.5 Å². The minimum absolute atomic E-state index is 0.185. The van der Waals surface area contributed by atoms with Gasteiger partial charge >= 0.3 is 11.9 Å². The summed E-state index contributed by atoms with van der Waals surface area (Å²) in [4.78, 5) is 37.9. The summed E-state index contributed by atoms with van der Waals surface area (Å²) in [5.74, 6) is -1.30. The number of amides is 1. The van der Waals surface area contributed by atoms with Gasteiger partial charge in [0.05, 0.1) is 29.7 Å². The molecule has 1 atom stereocenters. The number of hydrogen-bond donors (Lipinski definition) is 0. The summed E-state index contributed by atoms with van der Waals surface area (Å²) in [6.07, 6.45) is 0.166. The van der Waals surface area contributed by atoms with Gasteiger partial charge in [0, 0.05) is 13.1 Å². The lowest BCUT2D eigenvalue weighted by Gasteiger charge is -2.32. The largest absolute Gasteiger partial charge is 0.466 e. The average Bonchev–Trinajstić information content (AvgIpc) is 2.67. The van der Waals surface area contributed by atoms with E-state index in [2.05, 4.69) is 0 Å². The molecule has 138 valence electrons. The molecule has 1 heterocycles. The van der Waals surface area contributed by atoms with E-state index in [-0.39, 0.29) is 23.4 Å². The third-order valence-corrected chi connectivity index (χ3v) is 4.31. The molecule has 1 unspecified atom stereocenters. The lowest BCUT2D eigenvalue weighted by Crippen LogP contribution is -2.45. The van der Waals surface area contributed by atoms with Crippen LogP contribution in [0.3, 0.4) is 0 Å². The molecule has 1 aliphatic heterocycles. The first-order chi connectivity index (χ1) is 12.5. The highest BCUT2D eigenvalue weighted by Gasteiger charge is 2.31. The predicted molar refractivity (Wildman–Crippen MR) is 92.0 cm³/mol. The van der Waals surface area contributed by atoms with Crippen molar-refractivity contribution in [1.29, 1.82) is 5.26 Å². The Kier molecular flexibility index (Phi) is 6.73. The number of hydrogen-bond acceptors (Lipinski definition) is 6. The van der Waals surface area contributed by atoms with Crippen molar-refractivity contribution in [3.05, 3.63) is 35.4 Å². The van der Waals surface area contributed by atoms with Crippen molar-refractivity contribution < 1.29 is 23.9 Å². The van der Waals surface area contributed by atoms with E-state index in [1.807, 2.05) is 6.07 Å². The third-order valence-electron chi connectivity index (χ3n) is 4.31. The van der Waals surface area contributed by atoms with Crippen LogP contribution in [0.25, 0.3) is 0 Å². The molecule has 0 radical (unpaired) electrons. The number of nitriles is 1. The SMILES string of the molecule is CCOC(=O)C1CCN(C(=O)C(C)OC(=O)c2ccc(C#N)cc2)CC1. The summed E-state index contributed by atoms with van der Waals surface area (Å²) < 4.78 is 10.2. The van der Waals surface area contributed by atoms with Crippen molar-refractivity contribution in [2.75, 3.05) is 19.7 Å². The number of likely N-dealkylation sites (tertiary alicyclic amines) is 1. The fraction of sp³-hybridized carbons (Fsp3) is 0.474. The van der Waals surface area contributed by atoms with Gasteiger partial charge in [-0.1, -0.05) is 0 Å². The lowest BCUT2D eigenvalue weighted by atomic mass is 9.97. The van der Waals surface area contributed by atoms with E-state index in [4.69, 9.17) is 14.7 Å². The van der Waals surface area contributed by atoms with E-state index in [0.29, 0.717) is 38.1 Å². The van der Waals surface area contributed by atoms with E-state index in [0.717, 1.165) is 0 Å². The second-order valence-electron chi connectivity index (χ2n) is 6.09. The highest BCUT2D eigenvalue weighted by Crippen LogP contribution is 2.20. The molecule has 1 aromatic carbocycles. The van der Waals surface area contributed by atoms with Crippen molar-refractivity contribution in [2.45, 2.75) is 32.8 Å². The van der Waals surface area contributed by atoms with Crippen molar-refractivity contribution in [3.8, 4) is 6.07 Å². The smallest absolute Gasteiger partial charge is 0.338 e. The molecular weight excluding hydrogens is 336 g/mol. The van der Waals surface area contributed by atoms with E-state index in [1.165, 1.54) is 31.2 Å². The maximum absolute atomic E-state index is 12.5. The summed E-state index contributed by atoms with van der Waals surface area (Å²) in [7, 11) is 0. The summed E-state index contributed by atoms with van der Waals surface area (Å²) in [5, 5.41) is 8.77. The van der Waals surface area contributed by atoms with Crippen LogP contribution >= 0.6 is 0 Å². The van der Waals surface area contributed by atoms with Gasteiger partial charge in [-0.05, 0) is 51.0 Å². The first kappa shape index (κ1) is 19.4. The Morgan fingerprint density at radius 3 is 2.38 bits per heavy atom.